The second-order valence-corrected chi connectivity index (χ2v) is 4.93. The topological polar surface area (TPSA) is 85.0 Å². The fraction of sp³-hybridized carbons (Fsp3) is 0.357. The molecule has 0 spiro atoms. The van der Waals surface area contributed by atoms with Gasteiger partial charge in [-0.25, -0.2) is 0 Å². The number of amides is 2. The van der Waals surface area contributed by atoms with Crippen molar-refractivity contribution in [1.82, 2.24) is 0 Å². The molecule has 0 bridgehead atoms. The van der Waals surface area contributed by atoms with Gasteiger partial charge in [-0.3, -0.25) is 9.59 Å². The predicted molar refractivity (Wildman–Crippen MR) is 73.3 cm³/mol. The van der Waals surface area contributed by atoms with Gasteiger partial charge in [-0.1, -0.05) is 17.3 Å². The number of hydrogen-bond acceptors (Lipinski definition) is 4. The van der Waals surface area contributed by atoms with Crippen molar-refractivity contribution in [3.05, 3.63) is 29.8 Å². The normalized spacial score (nSPS) is 21.8. The van der Waals surface area contributed by atoms with Gasteiger partial charge in [0.15, 0.2) is 0 Å². The molecule has 6 heteroatoms. The van der Waals surface area contributed by atoms with Crippen molar-refractivity contribution in [2.75, 3.05) is 11.4 Å². The second-order valence-electron chi connectivity index (χ2n) is 4.93. The molecular formula is C14H15N3O3. The minimum absolute atomic E-state index is 0.160. The molecule has 2 heterocycles. The maximum atomic E-state index is 11.7. The van der Waals surface area contributed by atoms with Gasteiger partial charge in [0.2, 0.25) is 12.0 Å². The summed E-state index contributed by atoms with van der Waals surface area (Å²) in [5, 5.41) is 3.89. The second kappa shape index (κ2) is 4.96. The molecule has 2 aliphatic rings. The predicted octanol–water partition coefficient (Wildman–Crippen LogP) is 0.792. The average Bonchev–Trinajstić information content (AvgIpc) is 3.07. The van der Waals surface area contributed by atoms with Crippen molar-refractivity contribution in [3.63, 3.8) is 0 Å². The zero-order valence-electron chi connectivity index (χ0n) is 10.9. The average molecular weight is 273 g/mol. The van der Waals surface area contributed by atoms with E-state index in [2.05, 4.69) is 5.16 Å². The molecule has 2 amide bonds. The minimum atomic E-state index is -0.676. The Morgan fingerprint density at radius 1 is 1.35 bits per heavy atom. The molecule has 1 aromatic carbocycles. The first-order chi connectivity index (χ1) is 9.65. The van der Waals surface area contributed by atoms with Crippen molar-refractivity contribution < 1.29 is 14.4 Å². The molecule has 6 nitrogen and oxygen atoms in total. The first kappa shape index (κ1) is 12.7. The van der Waals surface area contributed by atoms with E-state index in [1.807, 2.05) is 24.3 Å². The van der Waals surface area contributed by atoms with E-state index in [9.17, 15) is 9.59 Å². The third-order valence-corrected chi connectivity index (χ3v) is 3.57. The lowest BCUT2D eigenvalue weighted by atomic mass is 10.0. The van der Waals surface area contributed by atoms with Crippen molar-refractivity contribution in [2.24, 2.45) is 10.9 Å². The Morgan fingerprint density at radius 3 is 2.65 bits per heavy atom. The van der Waals surface area contributed by atoms with Gasteiger partial charge in [0.1, 0.15) is 0 Å². The van der Waals surface area contributed by atoms with Crippen LogP contribution < -0.4 is 10.6 Å². The number of oxime groups is 1. The van der Waals surface area contributed by atoms with Crippen LogP contribution >= 0.6 is 0 Å². The van der Waals surface area contributed by atoms with Crippen LogP contribution in [0, 0.1) is 0 Å². The Balaban J connectivity index is 1.74. The zero-order chi connectivity index (χ0) is 14.1. The highest BCUT2D eigenvalue weighted by molar-refractivity contribution is 6.04. The summed E-state index contributed by atoms with van der Waals surface area (Å²) in [5.74, 6) is -0.351. The van der Waals surface area contributed by atoms with E-state index in [-0.39, 0.29) is 5.91 Å². The van der Waals surface area contributed by atoms with E-state index in [1.165, 1.54) is 0 Å². The maximum Gasteiger partial charge on any atom is 0.261 e. The first-order valence-corrected chi connectivity index (χ1v) is 6.58. The van der Waals surface area contributed by atoms with Crippen LogP contribution in [0.4, 0.5) is 5.69 Å². The smallest absolute Gasteiger partial charge is 0.261 e. The van der Waals surface area contributed by atoms with E-state index in [4.69, 9.17) is 10.6 Å². The fourth-order valence-electron chi connectivity index (χ4n) is 2.46. The van der Waals surface area contributed by atoms with Gasteiger partial charge < -0.3 is 15.5 Å². The van der Waals surface area contributed by atoms with Gasteiger partial charge >= 0.3 is 0 Å². The van der Waals surface area contributed by atoms with Crippen LogP contribution in [0.25, 0.3) is 0 Å². The summed E-state index contributed by atoms with van der Waals surface area (Å²) in [6, 6.07) is 7.54. The standard InChI is InChI=1S/C14H15N3O3/c15-14(19)12-8-11(16-20-12)9-3-5-10(6-4-9)17-7-1-2-13(17)18/h3-6,12H,1-2,7-8H2,(H2,15,19). The molecule has 1 aromatic rings. The van der Waals surface area contributed by atoms with E-state index >= 15 is 0 Å². The first-order valence-electron chi connectivity index (χ1n) is 6.58. The Hall–Kier alpha value is -2.37. The highest BCUT2D eigenvalue weighted by Gasteiger charge is 2.27. The Morgan fingerprint density at radius 2 is 2.10 bits per heavy atom. The maximum absolute atomic E-state index is 11.7. The fourth-order valence-corrected chi connectivity index (χ4v) is 2.46. The van der Waals surface area contributed by atoms with Gasteiger partial charge in [-0.05, 0) is 24.1 Å². The Labute approximate surface area is 116 Å². The van der Waals surface area contributed by atoms with Crippen molar-refractivity contribution >= 4 is 23.2 Å². The van der Waals surface area contributed by atoms with Crippen LogP contribution in [-0.2, 0) is 14.4 Å². The number of carbonyl (C=O) groups is 2. The van der Waals surface area contributed by atoms with Gasteiger partial charge in [-0.15, -0.1) is 0 Å². The highest BCUT2D eigenvalue weighted by Crippen LogP contribution is 2.23. The Bertz CT molecular complexity index is 580. The van der Waals surface area contributed by atoms with Gasteiger partial charge in [0.05, 0.1) is 5.71 Å². The lowest BCUT2D eigenvalue weighted by Gasteiger charge is -2.15. The molecule has 20 heavy (non-hydrogen) atoms. The van der Waals surface area contributed by atoms with E-state index in [1.54, 1.807) is 4.90 Å². The number of rotatable bonds is 3. The SMILES string of the molecule is NC(=O)C1CC(c2ccc(N3CCCC3=O)cc2)=NO1. The van der Waals surface area contributed by atoms with Crippen LogP contribution in [0.5, 0.6) is 0 Å². The summed E-state index contributed by atoms with van der Waals surface area (Å²) in [7, 11) is 0. The molecule has 2 aliphatic heterocycles. The molecular weight excluding hydrogens is 258 g/mol. The number of benzene rings is 1. The third kappa shape index (κ3) is 2.24. The summed E-state index contributed by atoms with van der Waals surface area (Å²) in [4.78, 5) is 29.4. The van der Waals surface area contributed by atoms with Crippen molar-refractivity contribution in [3.8, 4) is 0 Å². The molecule has 0 radical (unpaired) electrons. The molecule has 1 atom stereocenters. The quantitative estimate of drug-likeness (QED) is 0.883. The van der Waals surface area contributed by atoms with Crippen molar-refractivity contribution in [1.29, 1.82) is 0 Å². The monoisotopic (exact) mass is 273 g/mol. The lowest BCUT2D eigenvalue weighted by molar-refractivity contribution is -0.127. The summed E-state index contributed by atoms with van der Waals surface area (Å²) < 4.78 is 0. The van der Waals surface area contributed by atoms with E-state index in [0.29, 0.717) is 18.6 Å². The van der Waals surface area contributed by atoms with Crippen LogP contribution in [0.15, 0.2) is 29.4 Å². The third-order valence-electron chi connectivity index (χ3n) is 3.57. The van der Waals surface area contributed by atoms with E-state index in [0.717, 1.165) is 24.2 Å². The molecule has 2 N–H and O–H groups in total. The van der Waals surface area contributed by atoms with Gasteiger partial charge in [0.25, 0.3) is 5.91 Å². The van der Waals surface area contributed by atoms with Gasteiger partial charge in [0, 0.05) is 25.1 Å². The molecule has 0 aliphatic carbocycles. The number of anilines is 1. The number of nitrogens with zero attached hydrogens (tertiary/aromatic N) is 2. The summed E-state index contributed by atoms with van der Waals surface area (Å²) >= 11 is 0. The molecule has 1 unspecified atom stereocenters. The summed E-state index contributed by atoms with van der Waals surface area (Å²) in [6.45, 7) is 0.770. The molecule has 104 valence electrons. The summed E-state index contributed by atoms with van der Waals surface area (Å²) in [6.07, 6.45) is 1.23. The van der Waals surface area contributed by atoms with Gasteiger partial charge in [-0.2, -0.15) is 0 Å². The van der Waals surface area contributed by atoms with Crippen LogP contribution in [-0.4, -0.2) is 30.2 Å². The van der Waals surface area contributed by atoms with Crippen LogP contribution in [0.1, 0.15) is 24.8 Å². The minimum Gasteiger partial charge on any atom is -0.382 e. The van der Waals surface area contributed by atoms with Crippen LogP contribution in [0.2, 0.25) is 0 Å². The number of carbonyl (C=O) groups excluding carboxylic acids is 2. The largest absolute Gasteiger partial charge is 0.382 e. The molecule has 0 aromatic heterocycles. The van der Waals surface area contributed by atoms with Crippen molar-refractivity contribution in [2.45, 2.75) is 25.4 Å². The molecule has 1 fully saturated rings. The Kier molecular flexibility index (Phi) is 3.14. The molecule has 1 saturated heterocycles. The number of hydrogen-bond donors (Lipinski definition) is 1. The lowest BCUT2D eigenvalue weighted by Crippen LogP contribution is -2.28. The number of primary amides is 1. The summed E-state index contributed by atoms with van der Waals surface area (Å²) in [5.41, 5.74) is 7.65. The number of nitrogens with two attached hydrogens (primary N) is 1. The molecule has 3 rings (SSSR count). The van der Waals surface area contributed by atoms with Crippen LogP contribution in [0.3, 0.4) is 0 Å². The zero-order valence-corrected chi connectivity index (χ0v) is 10.9. The molecule has 0 saturated carbocycles. The highest BCUT2D eigenvalue weighted by atomic mass is 16.6. The van der Waals surface area contributed by atoms with E-state index < -0.39 is 12.0 Å².